The Hall–Kier alpha value is -0.730. The maximum Gasteiger partial charge on any atom is 0.118 e. The smallest absolute Gasteiger partial charge is 0.118 e. The summed E-state index contributed by atoms with van der Waals surface area (Å²) in [6, 6.07) is 8.20. The Morgan fingerprint density at radius 3 is 2.41 bits per heavy atom. The van der Waals surface area contributed by atoms with Crippen LogP contribution >= 0.6 is 11.6 Å². The highest BCUT2D eigenvalue weighted by Crippen LogP contribution is 2.18. The third kappa shape index (κ3) is 5.42. The van der Waals surface area contributed by atoms with E-state index >= 15 is 0 Å². The largest absolute Gasteiger partial charge is 0.497 e. The Morgan fingerprint density at radius 1 is 1.18 bits per heavy atom. The molecule has 0 saturated carbocycles. The van der Waals surface area contributed by atoms with Gasteiger partial charge in [-0.15, -0.1) is 11.6 Å². The molecule has 0 bridgehead atoms. The van der Waals surface area contributed by atoms with E-state index in [2.05, 4.69) is 12.1 Å². The van der Waals surface area contributed by atoms with Gasteiger partial charge in [0.1, 0.15) is 5.75 Å². The van der Waals surface area contributed by atoms with Gasteiger partial charge in [-0.1, -0.05) is 12.1 Å². The van der Waals surface area contributed by atoms with Crippen molar-refractivity contribution in [1.82, 2.24) is 0 Å². The van der Waals surface area contributed by atoms with Crippen molar-refractivity contribution < 1.29 is 9.47 Å². The summed E-state index contributed by atoms with van der Waals surface area (Å²) in [7, 11) is 3.42. The highest BCUT2D eigenvalue weighted by molar-refractivity contribution is 6.18. The lowest BCUT2D eigenvalue weighted by Gasteiger charge is -2.13. The molecule has 17 heavy (non-hydrogen) atoms. The van der Waals surface area contributed by atoms with E-state index in [0.29, 0.717) is 11.8 Å². The zero-order chi connectivity index (χ0) is 12.5. The minimum absolute atomic E-state index is 0.528. The highest BCUT2D eigenvalue weighted by atomic mass is 35.5. The monoisotopic (exact) mass is 256 g/mol. The Labute approximate surface area is 109 Å². The van der Waals surface area contributed by atoms with Crippen LogP contribution in [0.2, 0.25) is 0 Å². The van der Waals surface area contributed by atoms with Crippen molar-refractivity contribution in [2.75, 3.05) is 26.7 Å². The highest BCUT2D eigenvalue weighted by Gasteiger charge is 2.08. The molecular formula is C14H21ClO2. The van der Waals surface area contributed by atoms with Crippen LogP contribution in [-0.2, 0) is 11.2 Å². The molecule has 1 unspecified atom stereocenters. The molecule has 0 aliphatic rings. The van der Waals surface area contributed by atoms with Crippen LogP contribution in [0.15, 0.2) is 24.3 Å². The lowest BCUT2D eigenvalue weighted by Crippen LogP contribution is -2.07. The van der Waals surface area contributed by atoms with E-state index in [4.69, 9.17) is 21.1 Å². The first kappa shape index (κ1) is 14.3. The van der Waals surface area contributed by atoms with Gasteiger partial charge in [0.2, 0.25) is 0 Å². The van der Waals surface area contributed by atoms with Crippen molar-refractivity contribution >= 4 is 11.6 Å². The summed E-state index contributed by atoms with van der Waals surface area (Å²) in [6.45, 7) is 0.815. The average Bonchev–Trinajstić information content (AvgIpc) is 2.38. The molecule has 0 aliphatic heterocycles. The summed E-state index contributed by atoms with van der Waals surface area (Å²) in [6.07, 6.45) is 3.21. The molecule has 96 valence electrons. The van der Waals surface area contributed by atoms with Crippen LogP contribution < -0.4 is 4.74 Å². The van der Waals surface area contributed by atoms with E-state index in [1.165, 1.54) is 5.56 Å². The molecule has 3 heteroatoms. The molecule has 1 atom stereocenters. The summed E-state index contributed by atoms with van der Waals surface area (Å²) in [5, 5.41) is 0. The van der Waals surface area contributed by atoms with Gasteiger partial charge in [0.05, 0.1) is 7.11 Å². The van der Waals surface area contributed by atoms with Crippen LogP contribution in [0.25, 0.3) is 0 Å². The number of halogens is 1. The Morgan fingerprint density at radius 2 is 1.88 bits per heavy atom. The van der Waals surface area contributed by atoms with E-state index in [-0.39, 0.29) is 0 Å². The maximum atomic E-state index is 5.99. The first-order valence-corrected chi connectivity index (χ1v) is 6.51. The Balaban J connectivity index is 2.43. The van der Waals surface area contributed by atoms with Crippen molar-refractivity contribution in [2.45, 2.75) is 19.3 Å². The van der Waals surface area contributed by atoms with Gasteiger partial charge in [-0.25, -0.2) is 0 Å². The van der Waals surface area contributed by atoms with Crippen LogP contribution in [0.5, 0.6) is 5.75 Å². The fourth-order valence-corrected chi connectivity index (χ4v) is 2.11. The van der Waals surface area contributed by atoms with E-state index in [0.717, 1.165) is 31.6 Å². The van der Waals surface area contributed by atoms with Crippen molar-refractivity contribution in [3.8, 4) is 5.75 Å². The summed E-state index contributed by atoms with van der Waals surface area (Å²) in [5.41, 5.74) is 1.31. The maximum absolute atomic E-state index is 5.99. The lowest BCUT2D eigenvalue weighted by atomic mass is 9.96. The van der Waals surface area contributed by atoms with E-state index in [1.54, 1.807) is 14.2 Å². The van der Waals surface area contributed by atoms with Gasteiger partial charge < -0.3 is 9.47 Å². The third-order valence-electron chi connectivity index (χ3n) is 2.86. The predicted octanol–water partition coefficient (Wildman–Crippen LogP) is 3.52. The van der Waals surface area contributed by atoms with Crippen molar-refractivity contribution in [1.29, 1.82) is 0 Å². The van der Waals surface area contributed by atoms with E-state index in [9.17, 15) is 0 Å². The van der Waals surface area contributed by atoms with Gasteiger partial charge >= 0.3 is 0 Å². The molecule has 0 radical (unpaired) electrons. The molecular weight excluding hydrogens is 236 g/mol. The molecule has 0 heterocycles. The molecule has 0 fully saturated rings. The number of alkyl halides is 1. The van der Waals surface area contributed by atoms with Crippen LogP contribution in [-0.4, -0.2) is 26.7 Å². The van der Waals surface area contributed by atoms with Crippen LogP contribution in [0, 0.1) is 5.92 Å². The van der Waals surface area contributed by atoms with Crippen molar-refractivity contribution in [3.05, 3.63) is 29.8 Å². The molecule has 0 N–H and O–H groups in total. The second-order valence-electron chi connectivity index (χ2n) is 4.21. The van der Waals surface area contributed by atoms with Crippen molar-refractivity contribution in [3.63, 3.8) is 0 Å². The molecule has 0 amide bonds. The average molecular weight is 257 g/mol. The summed E-state index contributed by atoms with van der Waals surface area (Å²) in [5.74, 6) is 2.13. The quantitative estimate of drug-likeness (QED) is 0.523. The number of methoxy groups -OCH3 is 2. The summed E-state index contributed by atoms with van der Waals surface area (Å²) in [4.78, 5) is 0. The molecule has 2 nitrogen and oxygen atoms in total. The first-order chi connectivity index (χ1) is 8.30. The predicted molar refractivity (Wildman–Crippen MR) is 72.0 cm³/mol. The minimum Gasteiger partial charge on any atom is -0.497 e. The Kier molecular flexibility index (Phi) is 7.06. The second-order valence-corrected chi connectivity index (χ2v) is 4.52. The van der Waals surface area contributed by atoms with Gasteiger partial charge in [0.25, 0.3) is 0 Å². The Bertz CT molecular complexity index is 298. The SMILES string of the molecule is COCCCC(CCl)Cc1ccc(OC)cc1. The van der Waals surface area contributed by atoms with Crippen LogP contribution in [0.3, 0.4) is 0 Å². The normalized spacial score (nSPS) is 12.4. The number of rotatable bonds is 8. The topological polar surface area (TPSA) is 18.5 Å². The number of hydrogen-bond acceptors (Lipinski definition) is 2. The van der Waals surface area contributed by atoms with Gasteiger partial charge in [-0.2, -0.15) is 0 Å². The molecule has 0 aromatic heterocycles. The van der Waals surface area contributed by atoms with Crippen molar-refractivity contribution in [2.24, 2.45) is 5.92 Å². The summed E-state index contributed by atoms with van der Waals surface area (Å²) < 4.78 is 10.2. The molecule has 1 aromatic carbocycles. The number of hydrogen-bond donors (Lipinski definition) is 0. The third-order valence-corrected chi connectivity index (χ3v) is 3.30. The number of benzene rings is 1. The van der Waals surface area contributed by atoms with Gasteiger partial charge in [0.15, 0.2) is 0 Å². The zero-order valence-corrected chi connectivity index (χ0v) is 11.4. The van der Waals surface area contributed by atoms with Gasteiger partial charge in [0, 0.05) is 19.6 Å². The molecule has 1 aromatic rings. The fraction of sp³-hybridized carbons (Fsp3) is 0.571. The van der Waals surface area contributed by atoms with E-state index in [1.807, 2.05) is 12.1 Å². The van der Waals surface area contributed by atoms with E-state index < -0.39 is 0 Å². The zero-order valence-electron chi connectivity index (χ0n) is 10.6. The molecule has 0 spiro atoms. The molecule has 0 aliphatic carbocycles. The second kappa shape index (κ2) is 8.37. The summed E-state index contributed by atoms with van der Waals surface area (Å²) >= 11 is 5.99. The molecule has 0 saturated heterocycles. The minimum atomic E-state index is 0.528. The van der Waals surface area contributed by atoms with Crippen LogP contribution in [0.1, 0.15) is 18.4 Å². The lowest BCUT2D eigenvalue weighted by molar-refractivity contribution is 0.188. The standard InChI is InChI=1S/C14H21ClO2/c1-16-9-3-4-13(11-15)10-12-5-7-14(17-2)8-6-12/h5-8,13H,3-4,9-11H2,1-2H3. The van der Waals surface area contributed by atoms with Gasteiger partial charge in [-0.3, -0.25) is 0 Å². The van der Waals surface area contributed by atoms with Crippen LogP contribution in [0.4, 0.5) is 0 Å². The van der Waals surface area contributed by atoms with Gasteiger partial charge in [-0.05, 0) is 42.9 Å². The first-order valence-electron chi connectivity index (χ1n) is 5.98. The molecule has 1 rings (SSSR count). The number of ether oxygens (including phenoxy) is 2. The fourth-order valence-electron chi connectivity index (χ4n) is 1.85.